The lowest BCUT2D eigenvalue weighted by Gasteiger charge is -2.36. The van der Waals surface area contributed by atoms with E-state index in [4.69, 9.17) is 23.2 Å². The van der Waals surface area contributed by atoms with Crippen LogP contribution in [0.2, 0.25) is 5.02 Å². The van der Waals surface area contributed by atoms with Gasteiger partial charge in [-0.3, -0.25) is 4.90 Å². The Bertz CT molecular complexity index is 363. The number of halogens is 2. The predicted octanol–water partition coefficient (Wildman–Crippen LogP) is 3.47. The molecule has 1 N–H and O–H groups in total. The van der Waals surface area contributed by atoms with Crippen molar-refractivity contribution >= 4 is 23.2 Å². The fourth-order valence-corrected chi connectivity index (χ4v) is 3.00. The van der Waals surface area contributed by atoms with Crippen molar-refractivity contribution in [2.75, 3.05) is 19.0 Å². The molecule has 0 aliphatic carbocycles. The Morgan fingerprint density at radius 2 is 1.72 bits per heavy atom. The summed E-state index contributed by atoms with van der Waals surface area (Å²) in [6.45, 7) is 2.06. The monoisotopic (exact) mass is 287 g/mol. The van der Waals surface area contributed by atoms with E-state index in [1.807, 2.05) is 24.3 Å². The minimum absolute atomic E-state index is 0.00635. The van der Waals surface area contributed by atoms with Crippen LogP contribution in [0.25, 0.3) is 0 Å². The second kappa shape index (κ2) is 6.76. The van der Waals surface area contributed by atoms with Crippen LogP contribution in [0.3, 0.4) is 0 Å². The number of alkyl halides is 1. The van der Waals surface area contributed by atoms with Gasteiger partial charge in [0.05, 0.1) is 12.1 Å². The molecule has 2 atom stereocenters. The summed E-state index contributed by atoms with van der Waals surface area (Å²) in [5.74, 6) is 0.448. The first-order chi connectivity index (χ1) is 8.72. The number of aliphatic hydroxyl groups excluding tert-OH is 1. The van der Waals surface area contributed by atoms with Crippen molar-refractivity contribution in [2.24, 2.45) is 0 Å². The Labute approximate surface area is 119 Å². The Balaban J connectivity index is 2.08. The summed E-state index contributed by atoms with van der Waals surface area (Å²) in [5, 5.41) is 11.1. The zero-order valence-electron chi connectivity index (χ0n) is 10.4. The first kappa shape index (κ1) is 14.1. The number of piperidine rings is 1. The molecule has 2 nitrogen and oxygen atoms in total. The molecule has 1 aromatic carbocycles. The highest BCUT2D eigenvalue weighted by Crippen LogP contribution is 2.25. The second-order valence-corrected chi connectivity index (χ2v) is 5.56. The number of nitrogens with zero attached hydrogens (tertiary/aromatic N) is 1. The molecule has 18 heavy (non-hydrogen) atoms. The van der Waals surface area contributed by atoms with E-state index in [1.165, 1.54) is 19.3 Å². The Hall–Kier alpha value is -0.280. The molecule has 0 amide bonds. The van der Waals surface area contributed by atoms with Gasteiger partial charge in [0.15, 0.2) is 0 Å². The smallest absolute Gasteiger partial charge is 0.0956 e. The third kappa shape index (κ3) is 3.39. The number of aliphatic hydroxyl groups is 1. The van der Waals surface area contributed by atoms with Gasteiger partial charge in [-0.05, 0) is 43.6 Å². The summed E-state index contributed by atoms with van der Waals surface area (Å²) in [6.07, 6.45) is 3.13. The number of hydrogen-bond acceptors (Lipinski definition) is 2. The van der Waals surface area contributed by atoms with Gasteiger partial charge in [-0.1, -0.05) is 30.2 Å². The highest BCUT2D eigenvalue weighted by molar-refractivity contribution is 6.30. The zero-order valence-corrected chi connectivity index (χ0v) is 11.9. The van der Waals surface area contributed by atoms with E-state index in [0.717, 1.165) is 18.7 Å². The molecule has 100 valence electrons. The molecule has 1 fully saturated rings. The van der Waals surface area contributed by atoms with Crippen molar-refractivity contribution in [3.8, 4) is 0 Å². The molecule has 4 heteroatoms. The topological polar surface area (TPSA) is 23.5 Å². The van der Waals surface area contributed by atoms with Gasteiger partial charge in [-0.2, -0.15) is 0 Å². The van der Waals surface area contributed by atoms with Gasteiger partial charge in [0.25, 0.3) is 0 Å². The van der Waals surface area contributed by atoms with Crippen molar-refractivity contribution in [3.05, 3.63) is 34.9 Å². The molecule has 2 unspecified atom stereocenters. The minimum atomic E-state index is -0.544. The summed E-state index contributed by atoms with van der Waals surface area (Å²) >= 11 is 11.9. The van der Waals surface area contributed by atoms with Gasteiger partial charge < -0.3 is 5.11 Å². The van der Waals surface area contributed by atoms with Crippen LogP contribution in [0, 0.1) is 0 Å². The molecule has 2 rings (SSSR count). The fraction of sp³-hybridized carbons (Fsp3) is 0.571. The molecule has 0 bridgehead atoms. The molecule has 1 aromatic rings. The molecule has 0 radical (unpaired) electrons. The number of rotatable bonds is 4. The van der Waals surface area contributed by atoms with Crippen LogP contribution in [0.15, 0.2) is 24.3 Å². The van der Waals surface area contributed by atoms with Crippen molar-refractivity contribution in [1.82, 2.24) is 4.90 Å². The lowest BCUT2D eigenvalue weighted by molar-refractivity contribution is 0.0489. The molecular weight excluding hydrogens is 269 g/mol. The fourth-order valence-electron chi connectivity index (χ4n) is 2.51. The summed E-state index contributed by atoms with van der Waals surface area (Å²) in [4.78, 5) is 2.30. The van der Waals surface area contributed by atoms with Crippen LogP contribution in [0.1, 0.15) is 30.9 Å². The van der Waals surface area contributed by atoms with Crippen molar-refractivity contribution in [2.45, 2.75) is 31.4 Å². The normalized spacial score (nSPS) is 20.6. The quantitative estimate of drug-likeness (QED) is 0.858. The van der Waals surface area contributed by atoms with Gasteiger partial charge in [0, 0.05) is 10.9 Å². The van der Waals surface area contributed by atoms with Crippen molar-refractivity contribution < 1.29 is 5.11 Å². The van der Waals surface area contributed by atoms with E-state index in [9.17, 15) is 5.11 Å². The third-order valence-electron chi connectivity index (χ3n) is 3.59. The maximum atomic E-state index is 10.5. The lowest BCUT2D eigenvalue weighted by atomic mass is 10.00. The predicted molar refractivity (Wildman–Crippen MR) is 76.3 cm³/mol. The highest BCUT2D eigenvalue weighted by atomic mass is 35.5. The minimum Gasteiger partial charge on any atom is -0.387 e. The van der Waals surface area contributed by atoms with Gasteiger partial charge in [0.2, 0.25) is 0 Å². The summed E-state index contributed by atoms with van der Waals surface area (Å²) in [5.41, 5.74) is 0.885. The highest BCUT2D eigenvalue weighted by Gasteiger charge is 2.27. The van der Waals surface area contributed by atoms with Crippen molar-refractivity contribution in [3.63, 3.8) is 0 Å². The molecule has 1 aliphatic heterocycles. The lowest BCUT2D eigenvalue weighted by Crippen LogP contribution is -2.44. The maximum absolute atomic E-state index is 10.5. The number of likely N-dealkylation sites (tertiary alicyclic amines) is 1. The van der Waals surface area contributed by atoms with Crippen LogP contribution >= 0.6 is 23.2 Å². The largest absolute Gasteiger partial charge is 0.387 e. The number of hydrogen-bond donors (Lipinski definition) is 1. The van der Waals surface area contributed by atoms with Crippen LogP contribution in [-0.2, 0) is 0 Å². The summed E-state index contributed by atoms with van der Waals surface area (Å²) in [7, 11) is 0. The second-order valence-electron chi connectivity index (χ2n) is 4.81. The van der Waals surface area contributed by atoms with Gasteiger partial charge >= 0.3 is 0 Å². The van der Waals surface area contributed by atoms with E-state index < -0.39 is 6.10 Å². The SMILES string of the molecule is OC(c1ccc(Cl)cc1)C(CCl)N1CCCCC1. The van der Waals surface area contributed by atoms with Crippen LogP contribution in [0.4, 0.5) is 0 Å². The first-order valence-corrected chi connectivity index (χ1v) is 7.37. The van der Waals surface area contributed by atoms with Crippen LogP contribution in [-0.4, -0.2) is 35.0 Å². The van der Waals surface area contributed by atoms with Crippen LogP contribution < -0.4 is 0 Å². The van der Waals surface area contributed by atoms with Gasteiger partial charge in [-0.15, -0.1) is 11.6 Å². The summed E-state index contributed by atoms with van der Waals surface area (Å²) < 4.78 is 0. The third-order valence-corrected chi connectivity index (χ3v) is 4.16. The van der Waals surface area contributed by atoms with Crippen LogP contribution in [0.5, 0.6) is 0 Å². The molecule has 0 saturated carbocycles. The van der Waals surface area contributed by atoms with E-state index >= 15 is 0 Å². The average molecular weight is 288 g/mol. The summed E-state index contributed by atoms with van der Waals surface area (Å²) in [6, 6.07) is 7.35. The standard InChI is InChI=1S/C14H19Cl2NO/c15-10-13(17-8-2-1-3-9-17)14(18)11-4-6-12(16)7-5-11/h4-7,13-14,18H,1-3,8-10H2. The maximum Gasteiger partial charge on any atom is 0.0956 e. The van der Waals surface area contributed by atoms with E-state index in [2.05, 4.69) is 4.90 Å². The molecule has 0 spiro atoms. The molecular formula is C14H19Cl2NO. The molecule has 0 aromatic heterocycles. The molecule has 1 heterocycles. The van der Waals surface area contributed by atoms with E-state index in [0.29, 0.717) is 10.9 Å². The van der Waals surface area contributed by atoms with E-state index in [1.54, 1.807) is 0 Å². The first-order valence-electron chi connectivity index (χ1n) is 6.46. The number of benzene rings is 1. The molecule has 1 saturated heterocycles. The zero-order chi connectivity index (χ0) is 13.0. The van der Waals surface area contributed by atoms with Gasteiger partial charge in [0.1, 0.15) is 0 Å². The van der Waals surface area contributed by atoms with Gasteiger partial charge in [-0.25, -0.2) is 0 Å². The Morgan fingerprint density at radius 1 is 1.11 bits per heavy atom. The molecule has 1 aliphatic rings. The Kier molecular flexibility index (Phi) is 5.31. The Morgan fingerprint density at radius 3 is 2.28 bits per heavy atom. The average Bonchev–Trinajstić information content (AvgIpc) is 2.41. The van der Waals surface area contributed by atoms with E-state index in [-0.39, 0.29) is 6.04 Å². The van der Waals surface area contributed by atoms with Crippen molar-refractivity contribution in [1.29, 1.82) is 0 Å².